The molecule has 1 fully saturated rings. The van der Waals surface area contributed by atoms with Crippen LogP contribution in [0.15, 0.2) is 60.0 Å². The van der Waals surface area contributed by atoms with E-state index in [-0.39, 0.29) is 12.5 Å². The van der Waals surface area contributed by atoms with E-state index in [0.717, 1.165) is 5.56 Å². The van der Waals surface area contributed by atoms with Crippen molar-refractivity contribution in [2.75, 3.05) is 45.2 Å². The molecule has 0 spiro atoms. The Bertz CT molecular complexity index is 953. The van der Waals surface area contributed by atoms with Crippen molar-refractivity contribution in [1.29, 1.82) is 0 Å². The molecule has 1 aliphatic rings. The summed E-state index contributed by atoms with van der Waals surface area (Å²) in [5.74, 6) is 0.531. The van der Waals surface area contributed by atoms with Gasteiger partial charge in [0.15, 0.2) is 0 Å². The number of hydrogen-bond acceptors (Lipinski definition) is 5. The Morgan fingerprint density at radius 3 is 2.48 bits per heavy atom. The highest BCUT2D eigenvalue weighted by Gasteiger charge is 2.25. The van der Waals surface area contributed by atoms with Gasteiger partial charge in [-0.1, -0.05) is 36.4 Å². The topological polar surface area (TPSA) is 79.0 Å². The fourth-order valence-corrected chi connectivity index (χ4v) is 4.23. The molecule has 2 aromatic rings. The molecule has 0 aromatic heterocycles. The average molecular weight is 416 g/mol. The molecule has 1 aliphatic heterocycles. The van der Waals surface area contributed by atoms with Crippen LogP contribution in [0.5, 0.6) is 5.75 Å². The number of hydrogen-bond donors (Lipinski definition) is 1. The summed E-state index contributed by atoms with van der Waals surface area (Å²) in [6, 6.07) is 16.5. The minimum atomic E-state index is -3.48. The second-order valence-electron chi connectivity index (χ2n) is 6.71. The lowest BCUT2D eigenvalue weighted by Crippen LogP contribution is -2.49. The number of rotatable bonds is 7. The van der Waals surface area contributed by atoms with Gasteiger partial charge in [0.05, 0.1) is 13.7 Å². The maximum atomic E-state index is 12.5. The smallest absolute Gasteiger partial charge is 0.238 e. The second-order valence-corrected chi connectivity index (χ2v) is 8.53. The SMILES string of the molecule is COc1cccc(NC(=O)CN2CCN(S(=O)(=O)/C=C/c3ccccc3)CC2)c1. The molecule has 0 radical (unpaired) electrons. The molecule has 0 saturated carbocycles. The lowest BCUT2D eigenvalue weighted by Gasteiger charge is -2.32. The highest BCUT2D eigenvalue weighted by molar-refractivity contribution is 7.92. The number of methoxy groups -OCH3 is 1. The van der Waals surface area contributed by atoms with Gasteiger partial charge in [0.2, 0.25) is 15.9 Å². The van der Waals surface area contributed by atoms with E-state index < -0.39 is 10.0 Å². The van der Waals surface area contributed by atoms with Gasteiger partial charge in [-0.25, -0.2) is 8.42 Å². The zero-order valence-corrected chi connectivity index (χ0v) is 17.1. The van der Waals surface area contributed by atoms with E-state index >= 15 is 0 Å². The minimum Gasteiger partial charge on any atom is -0.497 e. The van der Waals surface area contributed by atoms with Crippen LogP contribution in [0.25, 0.3) is 6.08 Å². The van der Waals surface area contributed by atoms with Gasteiger partial charge in [0.25, 0.3) is 0 Å². The van der Waals surface area contributed by atoms with Crippen LogP contribution in [0, 0.1) is 0 Å². The second kappa shape index (κ2) is 9.69. The Labute approximate surface area is 171 Å². The Kier molecular flexibility index (Phi) is 7.03. The molecule has 1 amide bonds. The van der Waals surface area contributed by atoms with E-state index in [0.29, 0.717) is 37.6 Å². The highest BCUT2D eigenvalue weighted by atomic mass is 32.2. The van der Waals surface area contributed by atoms with Crippen LogP contribution in [0.3, 0.4) is 0 Å². The maximum Gasteiger partial charge on any atom is 0.238 e. The number of carbonyl (C=O) groups is 1. The highest BCUT2D eigenvalue weighted by Crippen LogP contribution is 2.17. The molecular weight excluding hydrogens is 390 g/mol. The van der Waals surface area contributed by atoms with Crippen molar-refractivity contribution >= 4 is 27.7 Å². The number of benzene rings is 2. The number of piperazine rings is 1. The first-order valence-corrected chi connectivity index (χ1v) is 10.9. The lowest BCUT2D eigenvalue weighted by atomic mass is 10.2. The molecule has 8 heteroatoms. The first kappa shape index (κ1) is 21.0. The van der Waals surface area contributed by atoms with E-state index in [2.05, 4.69) is 5.32 Å². The number of sulfonamides is 1. The van der Waals surface area contributed by atoms with Crippen LogP contribution in [0.4, 0.5) is 5.69 Å². The largest absolute Gasteiger partial charge is 0.497 e. The Morgan fingerprint density at radius 1 is 1.07 bits per heavy atom. The number of carbonyl (C=O) groups excluding carboxylic acids is 1. The van der Waals surface area contributed by atoms with Gasteiger partial charge in [0.1, 0.15) is 5.75 Å². The van der Waals surface area contributed by atoms with Crippen LogP contribution in [-0.2, 0) is 14.8 Å². The van der Waals surface area contributed by atoms with E-state index in [9.17, 15) is 13.2 Å². The van der Waals surface area contributed by atoms with Crippen molar-refractivity contribution in [2.24, 2.45) is 0 Å². The summed E-state index contributed by atoms with van der Waals surface area (Å²) in [6.07, 6.45) is 1.60. The van der Waals surface area contributed by atoms with Gasteiger partial charge < -0.3 is 10.1 Å². The van der Waals surface area contributed by atoms with E-state index in [1.165, 1.54) is 9.71 Å². The summed E-state index contributed by atoms with van der Waals surface area (Å²) < 4.78 is 31.6. The van der Waals surface area contributed by atoms with Crippen molar-refractivity contribution in [2.45, 2.75) is 0 Å². The van der Waals surface area contributed by atoms with Crippen LogP contribution >= 0.6 is 0 Å². The van der Waals surface area contributed by atoms with Crippen molar-refractivity contribution < 1.29 is 17.9 Å². The Hall–Kier alpha value is -2.68. The van der Waals surface area contributed by atoms with Crippen LogP contribution in [0.1, 0.15) is 5.56 Å². The molecule has 0 atom stereocenters. The van der Waals surface area contributed by atoms with Crippen molar-refractivity contribution in [1.82, 2.24) is 9.21 Å². The van der Waals surface area contributed by atoms with Gasteiger partial charge in [-0.15, -0.1) is 0 Å². The van der Waals surface area contributed by atoms with Gasteiger partial charge in [-0.05, 0) is 23.8 Å². The summed E-state index contributed by atoms with van der Waals surface area (Å²) in [7, 11) is -1.91. The van der Waals surface area contributed by atoms with Crippen LogP contribution in [-0.4, -0.2) is 63.4 Å². The van der Waals surface area contributed by atoms with E-state index in [1.807, 2.05) is 41.3 Å². The molecular formula is C21H25N3O4S. The standard InChI is InChI=1S/C21H25N3O4S/c1-28-20-9-5-8-19(16-20)22-21(25)17-23-11-13-24(14-12-23)29(26,27)15-10-18-6-3-2-4-7-18/h2-10,15-16H,11-14,17H2,1H3,(H,22,25)/b15-10+. The van der Waals surface area contributed by atoms with E-state index in [4.69, 9.17) is 4.74 Å². The molecule has 0 aliphatic carbocycles. The predicted molar refractivity (Wildman–Crippen MR) is 114 cm³/mol. The molecule has 1 N–H and O–H groups in total. The third-order valence-corrected chi connectivity index (χ3v) is 6.21. The van der Waals surface area contributed by atoms with Gasteiger partial charge in [-0.3, -0.25) is 9.69 Å². The maximum absolute atomic E-state index is 12.5. The molecule has 1 heterocycles. The van der Waals surface area contributed by atoms with Gasteiger partial charge in [0, 0.05) is 43.3 Å². The minimum absolute atomic E-state index is 0.140. The molecule has 3 rings (SSSR count). The lowest BCUT2D eigenvalue weighted by molar-refractivity contribution is -0.117. The fraction of sp³-hybridized carbons (Fsp3) is 0.286. The number of nitrogens with zero attached hydrogens (tertiary/aromatic N) is 2. The van der Waals surface area contributed by atoms with Crippen LogP contribution < -0.4 is 10.1 Å². The number of ether oxygens (including phenoxy) is 1. The average Bonchev–Trinajstić information content (AvgIpc) is 2.73. The van der Waals surface area contributed by atoms with E-state index in [1.54, 1.807) is 31.4 Å². The van der Waals surface area contributed by atoms with Gasteiger partial charge in [-0.2, -0.15) is 4.31 Å². The normalized spacial score (nSPS) is 16.0. The first-order valence-electron chi connectivity index (χ1n) is 9.36. The number of nitrogens with one attached hydrogen (secondary N) is 1. The van der Waals surface area contributed by atoms with Crippen molar-refractivity contribution in [3.63, 3.8) is 0 Å². The summed E-state index contributed by atoms with van der Waals surface area (Å²) in [6.45, 7) is 1.93. The third kappa shape index (κ3) is 6.15. The zero-order chi connectivity index (χ0) is 20.7. The molecule has 7 nitrogen and oxygen atoms in total. The monoisotopic (exact) mass is 415 g/mol. The molecule has 2 aromatic carbocycles. The molecule has 29 heavy (non-hydrogen) atoms. The molecule has 0 bridgehead atoms. The molecule has 0 unspecified atom stereocenters. The van der Waals surface area contributed by atoms with Crippen LogP contribution in [0.2, 0.25) is 0 Å². The Balaban J connectivity index is 1.49. The third-order valence-electron chi connectivity index (χ3n) is 4.64. The van der Waals surface area contributed by atoms with Crippen molar-refractivity contribution in [3.05, 3.63) is 65.6 Å². The number of anilines is 1. The predicted octanol–water partition coefficient (Wildman–Crippen LogP) is 2.25. The summed E-state index contributed by atoms with van der Waals surface area (Å²) >= 11 is 0. The number of amides is 1. The Morgan fingerprint density at radius 2 is 1.79 bits per heavy atom. The summed E-state index contributed by atoms with van der Waals surface area (Å²) in [5.41, 5.74) is 1.51. The first-order chi connectivity index (χ1) is 14.0. The zero-order valence-electron chi connectivity index (χ0n) is 16.3. The summed E-state index contributed by atoms with van der Waals surface area (Å²) in [4.78, 5) is 14.2. The fourth-order valence-electron chi connectivity index (χ4n) is 3.06. The molecule has 154 valence electrons. The quantitative estimate of drug-likeness (QED) is 0.750. The van der Waals surface area contributed by atoms with Gasteiger partial charge >= 0.3 is 0 Å². The van der Waals surface area contributed by atoms with Crippen molar-refractivity contribution in [3.8, 4) is 5.75 Å². The molecule has 1 saturated heterocycles. The summed E-state index contributed by atoms with van der Waals surface area (Å²) in [5, 5.41) is 4.08.